The molecule has 1 atom stereocenters. The largest absolute Gasteiger partial charge is 0.451 e. The third kappa shape index (κ3) is 4.41. The highest BCUT2D eigenvalue weighted by molar-refractivity contribution is 6.31. The van der Waals surface area contributed by atoms with Gasteiger partial charge in [-0.2, -0.15) is 0 Å². The number of hydrogen-bond acceptors (Lipinski definition) is 4. The molecule has 0 saturated heterocycles. The summed E-state index contributed by atoms with van der Waals surface area (Å²) >= 11 is 6.00. The van der Waals surface area contributed by atoms with E-state index in [1.165, 1.54) is 0 Å². The highest BCUT2D eigenvalue weighted by atomic mass is 35.5. The molecule has 0 fully saturated rings. The first kappa shape index (κ1) is 19.0. The fourth-order valence-corrected chi connectivity index (χ4v) is 2.85. The zero-order valence-electron chi connectivity index (χ0n) is 14.6. The number of benzene rings is 1. The Labute approximate surface area is 151 Å². The average Bonchev–Trinajstić information content (AvgIpc) is 2.83. The lowest BCUT2D eigenvalue weighted by Gasteiger charge is -2.08. The van der Waals surface area contributed by atoms with Gasteiger partial charge in [0.2, 0.25) is 0 Å². The van der Waals surface area contributed by atoms with Crippen LogP contribution in [0.1, 0.15) is 45.9 Å². The molecule has 134 valence electrons. The minimum Gasteiger partial charge on any atom is -0.451 e. The first-order chi connectivity index (χ1) is 11.7. The quantitative estimate of drug-likeness (QED) is 0.709. The maximum absolute atomic E-state index is 12.2. The molecule has 1 heterocycles. The third-order valence-electron chi connectivity index (χ3n) is 3.91. The molecule has 2 rings (SSSR count). The van der Waals surface area contributed by atoms with Crippen molar-refractivity contribution in [3.63, 3.8) is 0 Å². The number of carbonyl (C=O) groups is 2. The van der Waals surface area contributed by atoms with Crippen LogP contribution in [0.5, 0.6) is 0 Å². The first-order valence-electron chi connectivity index (χ1n) is 7.81. The van der Waals surface area contributed by atoms with Crippen molar-refractivity contribution in [3.05, 3.63) is 51.3 Å². The first-order valence-corrected chi connectivity index (χ1v) is 8.18. The van der Waals surface area contributed by atoms with E-state index in [9.17, 15) is 14.7 Å². The number of aliphatic hydroxyl groups is 1. The molecule has 0 radical (unpaired) electrons. The van der Waals surface area contributed by atoms with Crippen molar-refractivity contribution in [1.82, 2.24) is 4.98 Å². The summed E-state index contributed by atoms with van der Waals surface area (Å²) in [5, 5.41) is 12.9. The van der Waals surface area contributed by atoms with E-state index in [4.69, 9.17) is 16.3 Å². The molecule has 1 amide bonds. The summed E-state index contributed by atoms with van der Waals surface area (Å²) in [6.45, 7) is 6.54. The summed E-state index contributed by atoms with van der Waals surface area (Å²) in [6.07, 6.45) is -0.701. The van der Waals surface area contributed by atoms with Crippen LogP contribution in [0.25, 0.3) is 0 Å². The van der Waals surface area contributed by atoms with Gasteiger partial charge in [-0.05, 0) is 51.0 Å². The van der Waals surface area contributed by atoms with Crippen LogP contribution in [0.15, 0.2) is 18.2 Å². The summed E-state index contributed by atoms with van der Waals surface area (Å²) < 4.78 is 5.05. The van der Waals surface area contributed by atoms with Gasteiger partial charge in [-0.15, -0.1) is 0 Å². The van der Waals surface area contributed by atoms with E-state index in [0.717, 1.165) is 5.56 Å². The second kappa shape index (κ2) is 7.72. The Balaban J connectivity index is 1.99. The maximum atomic E-state index is 12.2. The lowest BCUT2D eigenvalue weighted by molar-refractivity contribution is -0.119. The molecule has 3 N–H and O–H groups in total. The standard InChI is InChI=1S/C18H21ClN2O4/c1-9-5-6-13(7-14(9)19)21-15(23)8-25-18(24)17-10(2)16(12(4)22)11(3)20-17/h5-7,12,20,22H,8H2,1-4H3,(H,21,23)/t12-/m0/s1. The number of ether oxygens (including phenoxy) is 1. The van der Waals surface area contributed by atoms with Gasteiger partial charge in [0.1, 0.15) is 5.69 Å². The van der Waals surface area contributed by atoms with Crippen molar-refractivity contribution in [2.24, 2.45) is 0 Å². The van der Waals surface area contributed by atoms with Crippen molar-refractivity contribution in [1.29, 1.82) is 0 Å². The number of aliphatic hydroxyl groups excluding tert-OH is 1. The van der Waals surface area contributed by atoms with Crippen LogP contribution in [0.2, 0.25) is 5.02 Å². The van der Waals surface area contributed by atoms with E-state index < -0.39 is 24.6 Å². The van der Waals surface area contributed by atoms with Crippen LogP contribution in [-0.4, -0.2) is 28.6 Å². The lowest BCUT2D eigenvalue weighted by Crippen LogP contribution is -2.21. The minimum atomic E-state index is -0.701. The average molecular weight is 365 g/mol. The fourth-order valence-electron chi connectivity index (χ4n) is 2.67. The highest BCUT2D eigenvalue weighted by Gasteiger charge is 2.21. The molecule has 0 unspecified atom stereocenters. The van der Waals surface area contributed by atoms with E-state index in [2.05, 4.69) is 10.3 Å². The molecule has 0 aliphatic heterocycles. The summed E-state index contributed by atoms with van der Waals surface area (Å²) in [5.41, 5.74) is 3.63. The number of nitrogens with one attached hydrogen (secondary N) is 2. The predicted molar refractivity (Wildman–Crippen MR) is 96.0 cm³/mol. The molecule has 25 heavy (non-hydrogen) atoms. The smallest absolute Gasteiger partial charge is 0.355 e. The topological polar surface area (TPSA) is 91.4 Å². The van der Waals surface area contributed by atoms with Crippen molar-refractivity contribution >= 4 is 29.2 Å². The monoisotopic (exact) mass is 364 g/mol. The van der Waals surface area contributed by atoms with Gasteiger partial charge in [-0.25, -0.2) is 4.79 Å². The van der Waals surface area contributed by atoms with Gasteiger partial charge in [0.25, 0.3) is 5.91 Å². The predicted octanol–water partition coefficient (Wildman–Crippen LogP) is 3.44. The number of rotatable bonds is 5. The van der Waals surface area contributed by atoms with E-state index in [0.29, 0.717) is 27.5 Å². The van der Waals surface area contributed by atoms with Gasteiger partial charge in [-0.3, -0.25) is 4.79 Å². The molecule has 1 aromatic carbocycles. The van der Waals surface area contributed by atoms with Gasteiger partial charge in [-0.1, -0.05) is 17.7 Å². The number of anilines is 1. The summed E-state index contributed by atoms with van der Waals surface area (Å²) in [4.78, 5) is 27.0. The van der Waals surface area contributed by atoms with Crippen molar-refractivity contribution in [3.8, 4) is 0 Å². The number of amides is 1. The molecule has 2 aromatic rings. The molecule has 7 heteroatoms. The number of aromatic nitrogens is 1. The van der Waals surface area contributed by atoms with Gasteiger partial charge in [0.15, 0.2) is 6.61 Å². The van der Waals surface area contributed by atoms with Crippen molar-refractivity contribution < 1.29 is 19.4 Å². The van der Waals surface area contributed by atoms with Gasteiger partial charge in [0.05, 0.1) is 6.10 Å². The molecule has 0 aliphatic rings. The maximum Gasteiger partial charge on any atom is 0.355 e. The molecular weight excluding hydrogens is 344 g/mol. The molecule has 0 spiro atoms. The molecule has 0 bridgehead atoms. The van der Waals surface area contributed by atoms with Gasteiger partial charge in [0, 0.05) is 22.0 Å². The highest BCUT2D eigenvalue weighted by Crippen LogP contribution is 2.25. The van der Waals surface area contributed by atoms with Crippen LogP contribution >= 0.6 is 11.6 Å². The molecule has 1 aromatic heterocycles. The number of esters is 1. The van der Waals surface area contributed by atoms with E-state index >= 15 is 0 Å². The zero-order chi connectivity index (χ0) is 18.7. The number of H-pyrrole nitrogens is 1. The molecule has 6 nitrogen and oxygen atoms in total. The lowest BCUT2D eigenvalue weighted by atomic mass is 10.1. The van der Waals surface area contributed by atoms with E-state index in [1.54, 1.807) is 39.0 Å². The number of aromatic amines is 1. The van der Waals surface area contributed by atoms with E-state index in [1.807, 2.05) is 6.92 Å². The van der Waals surface area contributed by atoms with E-state index in [-0.39, 0.29) is 5.69 Å². The Kier molecular flexibility index (Phi) is 5.87. The Hall–Kier alpha value is -2.31. The SMILES string of the molecule is Cc1ccc(NC(=O)COC(=O)c2[nH]c(C)c([C@H](C)O)c2C)cc1Cl. The van der Waals surface area contributed by atoms with Gasteiger partial charge < -0.3 is 20.1 Å². The number of aryl methyl sites for hydroxylation is 2. The molecular formula is C18H21ClN2O4. The third-order valence-corrected chi connectivity index (χ3v) is 4.31. The molecule has 0 aliphatic carbocycles. The summed E-state index contributed by atoms with van der Waals surface area (Å²) in [7, 11) is 0. The summed E-state index contributed by atoms with van der Waals surface area (Å²) in [6, 6.07) is 5.13. The van der Waals surface area contributed by atoms with Crippen LogP contribution in [-0.2, 0) is 9.53 Å². The Morgan fingerprint density at radius 1 is 1.32 bits per heavy atom. The Morgan fingerprint density at radius 3 is 2.56 bits per heavy atom. The van der Waals surface area contributed by atoms with Crippen LogP contribution in [0.4, 0.5) is 5.69 Å². The number of carbonyl (C=O) groups excluding carboxylic acids is 2. The Bertz CT molecular complexity index is 812. The van der Waals surface area contributed by atoms with Crippen molar-refractivity contribution in [2.45, 2.75) is 33.8 Å². The van der Waals surface area contributed by atoms with Gasteiger partial charge >= 0.3 is 5.97 Å². The fraction of sp³-hybridized carbons (Fsp3) is 0.333. The number of halogens is 1. The Morgan fingerprint density at radius 2 is 2.00 bits per heavy atom. The second-order valence-corrected chi connectivity index (χ2v) is 6.34. The molecule has 0 saturated carbocycles. The minimum absolute atomic E-state index is 0.236. The second-order valence-electron chi connectivity index (χ2n) is 5.93. The van der Waals surface area contributed by atoms with Crippen LogP contribution in [0.3, 0.4) is 0 Å². The summed E-state index contributed by atoms with van der Waals surface area (Å²) in [5.74, 6) is -1.12. The number of hydrogen-bond donors (Lipinski definition) is 3. The van der Waals surface area contributed by atoms with Crippen LogP contribution < -0.4 is 5.32 Å². The van der Waals surface area contributed by atoms with Crippen molar-refractivity contribution in [2.75, 3.05) is 11.9 Å². The normalized spacial score (nSPS) is 11.9. The van der Waals surface area contributed by atoms with Crippen LogP contribution in [0, 0.1) is 20.8 Å². The zero-order valence-corrected chi connectivity index (χ0v) is 15.3.